The van der Waals surface area contributed by atoms with E-state index in [9.17, 15) is 15.0 Å². The van der Waals surface area contributed by atoms with E-state index in [1.54, 1.807) is 13.8 Å². The van der Waals surface area contributed by atoms with Crippen molar-refractivity contribution in [3.05, 3.63) is 35.9 Å². The fourth-order valence-electron chi connectivity index (χ4n) is 12.1. The molecule has 4 aliphatic carbocycles. The van der Waals surface area contributed by atoms with Crippen LogP contribution in [0.2, 0.25) is 0 Å². The summed E-state index contributed by atoms with van der Waals surface area (Å²) in [7, 11) is 0. The van der Waals surface area contributed by atoms with Gasteiger partial charge in [-0.3, -0.25) is 9.69 Å². The molecule has 8 heteroatoms. The van der Waals surface area contributed by atoms with Crippen molar-refractivity contribution in [1.82, 2.24) is 4.90 Å². The molecule has 0 bridgehead atoms. The molecule has 1 spiro atoms. The maximum absolute atomic E-state index is 12.6. The fourth-order valence-corrected chi connectivity index (χ4v) is 12.1. The highest BCUT2D eigenvalue weighted by atomic mass is 16.7. The van der Waals surface area contributed by atoms with E-state index in [0.717, 1.165) is 64.6 Å². The molecule has 51 heavy (non-hydrogen) atoms. The van der Waals surface area contributed by atoms with Gasteiger partial charge in [-0.1, -0.05) is 77.8 Å². The van der Waals surface area contributed by atoms with E-state index >= 15 is 0 Å². The molecule has 2 N–H and O–H groups in total. The number of hydrogen-bond acceptors (Lipinski definition) is 8. The third-order valence-corrected chi connectivity index (χ3v) is 15.1. The van der Waals surface area contributed by atoms with Crippen molar-refractivity contribution in [2.75, 3.05) is 19.7 Å². The van der Waals surface area contributed by atoms with Crippen LogP contribution >= 0.6 is 0 Å². The summed E-state index contributed by atoms with van der Waals surface area (Å²) in [6.07, 6.45) is 7.37. The van der Waals surface area contributed by atoms with Crippen LogP contribution in [0.4, 0.5) is 0 Å². The summed E-state index contributed by atoms with van der Waals surface area (Å²) in [5.41, 5.74) is -0.0980. The minimum Gasteiger partial charge on any atom is -0.457 e. The van der Waals surface area contributed by atoms with Crippen LogP contribution in [0.5, 0.6) is 0 Å². The number of benzene rings is 1. The third kappa shape index (κ3) is 7.33. The van der Waals surface area contributed by atoms with Crippen molar-refractivity contribution in [1.29, 1.82) is 0 Å². The van der Waals surface area contributed by atoms with Crippen molar-refractivity contribution in [2.24, 2.45) is 39.4 Å². The SMILES string of the molecule is CCC1C(OC(C)C(OC(C)=O)C(C)(C)O)C(O)C2(C)C3CCCC(C)(C)C(OC4CN(Cc5ccccc5)CCO4)CCC4CC43CCC12C. The fraction of sp³-hybridized carbons (Fsp3) is 0.837. The Morgan fingerprint density at radius 3 is 2.47 bits per heavy atom. The van der Waals surface area contributed by atoms with Gasteiger partial charge in [0.05, 0.1) is 36.6 Å². The lowest BCUT2D eigenvalue weighted by molar-refractivity contribution is -0.224. The van der Waals surface area contributed by atoms with E-state index in [-0.39, 0.29) is 40.0 Å². The Balaban J connectivity index is 1.18. The van der Waals surface area contributed by atoms with Gasteiger partial charge in [-0.2, -0.15) is 0 Å². The summed E-state index contributed by atoms with van der Waals surface area (Å²) >= 11 is 0. The van der Waals surface area contributed by atoms with Gasteiger partial charge in [-0.05, 0) is 105 Å². The number of fused-ring (bicyclic) bond motifs is 2. The standard InChI is InChI=1S/C43H69NO7/c1-10-32-36(49-28(2)38(40(6,7)47)50-29(3)45)37(46)42(9)33-17-14-20-39(4,5)34(19-18-31-25-43(31,33)22-21-41(32,42)8)51-35-27-44(23-24-48-35)26-30-15-12-11-13-16-30/h11-13,15-16,28,31-38,46-47H,10,14,17-27H2,1-9H3. The molecule has 4 saturated carbocycles. The summed E-state index contributed by atoms with van der Waals surface area (Å²) in [5, 5.41) is 23.5. The summed E-state index contributed by atoms with van der Waals surface area (Å²) in [6, 6.07) is 10.7. The number of morpholine rings is 1. The molecule has 1 aliphatic heterocycles. The second kappa shape index (κ2) is 14.6. The lowest BCUT2D eigenvalue weighted by Crippen LogP contribution is -2.55. The van der Waals surface area contributed by atoms with E-state index in [4.69, 9.17) is 18.9 Å². The zero-order valence-corrected chi connectivity index (χ0v) is 33.2. The van der Waals surface area contributed by atoms with Crippen LogP contribution < -0.4 is 0 Å². The van der Waals surface area contributed by atoms with Crippen molar-refractivity contribution in [2.45, 2.75) is 169 Å². The number of ether oxygens (including phenoxy) is 4. The summed E-state index contributed by atoms with van der Waals surface area (Å²) in [5.74, 6) is 0.761. The Hall–Kier alpha value is -1.55. The Morgan fingerprint density at radius 1 is 1.08 bits per heavy atom. The van der Waals surface area contributed by atoms with Crippen LogP contribution in [0, 0.1) is 39.4 Å². The summed E-state index contributed by atoms with van der Waals surface area (Å²) < 4.78 is 25.6. The van der Waals surface area contributed by atoms with Gasteiger partial charge in [-0.25, -0.2) is 0 Å². The van der Waals surface area contributed by atoms with Crippen molar-refractivity contribution in [3.8, 4) is 0 Å². The minimum absolute atomic E-state index is 0.00296. The first-order valence-electron chi connectivity index (χ1n) is 20.2. The molecule has 12 atom stereocenters. The number of nitrogens with zero attached hydrogens (tertiary/aromatic N) is 1. The van der Waals surface area contributed by atoms with Gasteiger partial charge in [0.1, 0.15) is 0 Å². The molecule has 0 radical (unpaired) electrons. The number of aliphatic hydroxyl groups excluding tert-OH is 1. The number of carbonyl (C=O) groups excluding carboxylic acids is 1. The van der Waals surface area contributed by atoms with Gasteiger partial charge in [0, 0.05) is 32.0 Å². The molecule has 1 aromatic rings. The number of hydrogen-bond donors (Lipinski definition) is 2. The molecule has 8 nitrogen and oxygen atoms in total. The maximum atomic E-state index is 12.6. The molecular formula is C43H69NO7. The Morgan fingerprint density at radius 2 is 1.80 bits per heavy atom. The molecular weight excluding hydrogens is 642 g/mol. The van der Waals surface area contributed by atoms with Crippen molar-refractivity contribution in [3.63, 3.8) is 0 Å². The van der Waals surface area contributed by atoms with Crippen LogP contribution in [-0.2, 0) is 30.3 Å². The van der Waals surface area contributed by atoms with E-state index in [1.807, 2.05) is 6.92 Å². The monoisotopic (exact) mass is 712 g/mol. The van der Waals surface area contributed by atoms with Gasteiger partial charge in [0.15, 0.2) is 12.4 Å². The van der Waals surface area contributed by atoms with Gasteiger partial charge in [0.25, 0.3) is 0 Å². The highest BCUT2D eigenvalue weighted by Gasteiger charge is 2.75. The molecule has 0 aromatic heterocycles. The highest BCUT2D eigenvalue weighted by Crippen LogP contribution is 2.79. The molecule has 1 saturated heterocycles. The van der Waals surface area contributed by atoms with Crippen LogP contribution in [0.1, 0.15) is 126 Å². The number of carbonyl (C=O) groups is 1. The van der Waals surface area contributed by atoms with Gasteiger partial charge in [-0.15, -0.1) is 0 Å². The summed E-state index contributed by atoms with van der Waals surface area (Å²) in [6.45, 7) is 21.7. The lowest BCUT2D eigenvalue weighted by atomic mass is 9.46. The third-order valence-electron chi connectivity index (χ3n) is 15.1. The van der Waals surface area contributed by atoms with E-state index < -0.39 is 36.0 Å². The Bertz CT molecular complexity index is 1350. The predicted octanol–water partition coefficient (Wildman–Crippen LogP) is 7.53. The number of aliphatic hydroxyl groups is 2. The second-order valence-electron chi connectivity index (χ2n) is 18.9. The molecule has 1 aromatic carbocycles. The number of esters is 1. The Labute approximate surface area is 308 Å². The predicted molar refractivity (Wildman–Crippen MR) is 199 cm³/mol. The molecule has 5 fully saturated rings. The molecule has 12 unspecified atom stereocenters. The zero-order valence-electron chi connectivity index (χ0n) is 33.2. The average Bonchev–Trinajstić information content (AvgIpc) is 3.74. The first kappa shape index (κ1) is 39.2. The zero-order chi connectivity index (χ0) is 37.0. The minimum atomic E-state index is -1.28. The van der Waals surface area contributed by atoms with Crippen molar-refractivity contribution < 1.29 is 34.0 Å². The van der Waals surface area contributed by atoms with E-state index in [2.05, 4.69) is 69.9 Å². The Kier molecular flexibility index (Phi) is 11.2. The maximum Gasteiger partial charge on any atom is 0.303 e. The van der Waals surface area contributed by atoms with Gasteiger partial charge >= 0.3 is 5.97 Å². The second-order valence-corrected chi connectivity index (χ2v) is 18.9. The van der Waals surface area contributed by atoms with Gasteiger partial charge < -0.3 is 29.2 Å². The quantitative estimate of drug-likeness (QED) is 0.241. The smallest absolute Gasteiger partial charge is 0.303 e. The molecule has 288 valence electrons. The van der Waals surface area contributed by atoms with E-state index in [0.29, 0.717) is 18.4 Å². The molecule has 5 aliphatic rings. The number of rotatable bonds is 10. The van der Waals surface area contributed by atoms with Crippen molar-refractivity contribution >= 4 is 5.97 Å². The first-order chi connectivity index (χ1) is 24.0. The molecule has 6 rings (SSSR count). The molecule has 0 amide bonds. The highest BCUT2D eigenvalue weighted by molar-refractivity contribution is 5.66. The normalized spacial score (nSPS) is 41.0. The average molecular weight is 712 g/mol. The van der Waals surface area contributed by atoms with Crippen LogP contribution in [0.3, 0.4) is 0 Å². The van der Waals surface area contributed by atoms with Crippen LogP contribution in [-0.4, -0.2) is 83.2 Å². The lowest BCUT2D eigenvalue weighted by Gasteiger charge is -2.58. The first-order valence-corrected chi connectivity index (χ1v) is 20.2. The van der Waals surface area contributed by atoms with Crippen LogP contribution in [0.25, 0.3) is 0 Å². The molecule has 1 heterocycles. The topological polar surface area (TPSA) is 97.7 Å². The van der Waals surface area contributed by atoms with E-state index in [1.165, 1.54) is 25.3 Å². The largest absolute Gasteiger partial charge is 0.457 e. The van der Waals surface area contributed by atoms with Crippen LogP contribution in [0.15, 0.2) is 30.3 Å². The van der Waals surface area contributed by atoms with Gasteiger partial charge in [0.2, 0.25) is 0 Å². The summed E-state index contributed by atoms with van der Waals surface area (Å²) in [4.78, 5) is 14.5.